The van der Waals surface area contributed by atoms with Gasteiger partial charge in [-0.1, -0.05) is 24.3 Å². The van der Waals surface area contributed by atoms with Crippen molar-refractivity contribution in [3.63, 3.8) is 0 Å². The molecule has 0 saturated heterocycles. The highest BCUT2D eigenvalue weighted by molar-refractivity contribution is 5.80. The van der Waals surface area contributed by atoms with E-state index in [0.29, 0.717) is 22.4 Å². The van der Waals surface area contributed by atoms with E-state index in [1.165, 1.54) is 19.2 Å². The van der Waals surface area contributed by atoms with E-state index in [4.69, 9.17) is 10.00 Å². The van der Waals surface area contributed by atoms with Gasteiger partial charge in [0.1, 0.15) is 5.75 Å². The van der Waals surface area contributed by atoms with Gasteiger partial charge in [0.2, 0.25) is 0 Å². The fourth-order valence-electron chi connectivity index (χ4n) is 2.62. The van der Waals surface area contributed by atoms with Crippen LogP contribution in [0.5, 0.6) is 5.75 Å². The first-order chi connectivity index (χ1) is 12.0. The smallest absolute Gasteiger partial charge is 0.311 e. The highest BCUT2D eigenvalue weighted by Gasteiger charge is 2.29. The first kappa shape index (κ1) is 18.0. The number of ether oxygens (including phenoxy) is 1. The number of aliphatic carboxylic acids is 2. The Kier molecular flexibility index (Phi) is 5.75. The van der Waals surface area contributed by atoms with E-state index in [-0.39, 0.29) is 6.42 Å². The molecule has 0 radical (unpaired) electrons. The lowest BCUT2D eigenvalue weighted by Crippen LogP contribution is -2.20. The summed E-state index contributed by atoms with van der Waals surface area (Å²) in [5.41, 5.74) is 1.39. The number of methoxy groups -OCH3 is 1. The predicted octanol–water partition coefficient (Wildman–Crippen LogP) is 2.99. The Bertz CT molecular complexity index is 790. The summed E-state index contributed by atoms with van der Waals surface area (Å²) in [5.74, 6) is -3.57. The summed E-state index contributed by atoms with van der Waals surface area (Å²) in [5, 5.41) is 27.9. The van der Waals surface area contributed by atoms with Crippen LogP contribution in [0.4, 0.5) is 0 Å². The Labute approximate surface area is 144 Å². The van der Waals surface area contributed by atoms with Crippen molar-refractivity contribution < 1.29 is 24.5 Å². The average Bonchev–Trinajstić information content (AvgIpc) is 2.62. The van der Waals surface area contributed by atoms with E-state index in [2.05, 4.69) is 0 Å². The molecular formula is C19H17NO5. The van der Waals surface area contributed by atoms with Crippen LogP contribution in [0, 0.1) is 11.3 Å². The lowest BCUT2D eigenvalue weighted by molar-refractivity contribution is -0.141. The molecule has 2 rings (SSSR count). The van der Waals surface area contributed by atoms with Crippen LogP contribution < -0.4 is 4.74 Å². The molecule has 6 heteroatoms. The predicted molar refractivity (Wildman–Crippen MR) is 89.5 cm³/mol. The Balaban J connectivity index is 2.31. The Morgan fingerprint density at radius 3 is 1.76 bits per heavy atom. The van der Waals surface area contributed by atoms with Crippen molar-refractivity contribution in [3.8, 4) is 11.8 Å². The van der Waals surface area contributed by atoms with Crippen molar-refractivity contribution >= 4 is 11.9 Å². The van der Waals surface area contributed by atoms with E-state index >= 15 is 0 Å². The second-order valence-electron chi connectivity index (χ2n) is 5.52. The van der Waals surface area contributed by atoms with Crippen LogP contribution in [-0.2, 0) is 9.59 Å². The third-order valence-electron chi connectivity index (χ3n) is 4.03. The molecule has 0 heterocycles. The van der Waals surface area contributed by atoms with Gasteiger partial charge in [-0.2, -0.15) is 5.26 Å². The number of nitrogens with zero attached hydrogens (tertiary/aromatic N) is 1. The van der Waals surface area contributed by atoms with Crippen molar-refractivity contribution in [1.29, 1.82) is 5.26 Å². The molecule has 0 amide bonds. The third kappa shape index (κ3) is 4.36. The SMILES string of the molecule is COc1ccc(C(CC(C(=O)O)c2ccc(C#N)cc2)C(=O)O)cc1. The topological polar surface area (TPSA) is 108 Å². The van der Waals surface area contributed by atoms with Gasteiger partial charge in [0, 0.05) is 0 Å². The summed E-state index contributed by atoms with van der Waals surface area (Å²) < 4.78 is 5.05. The number of hydrogen-bond acceptors (Lipinski definition) is 4. The number of carboxylic acids is 2. The number of carboxylic acid groups (broad SMARTS) is 2. The number of nitriles is 1. The van der Waals surface area contributed by atoms with Crippen LogP contribution in [-0.4, -0.2) is 29.3 Å². The van der Waals surface area contributed by atoms with E-state index in [1.54, 1.807) is 36.4 Å². The average molecular weight is 339 g/mol. The summed E-state index contributed by atoms with van der Waals surface area (Å²) in [6, 6.07) is 14.6. The van der Waals surface area contributed by atoms with Crippen LogP contribution in [0.15, 0.2) is 48.5 Å². The van der Waals surface area contributed by atoms with Gasteiger partial charge in [-0.3, -0.25) is 9.59 Å². The van der Waals surface area contributed by atoms with E-state index in [0.717, 1.165) is 0 Å². The van der Waals surface area contributed by atoms with Gasteiger partial charge in [-0.15, -0.1) is 0 Å². The fourth-order valence-corrected chi connectivity index (χ4v) is 2.62. The lowest BCUT2D eigenvalue weighted by Gasteiger charge is -2.19. The van der Waals surface area contributed by atoms with Crippen molar-refractivity contribution in [2.45, 2.75) is 18.3 Å². The zero-order valence-electron chi connectivity index (χ0n) is 13.5. The maximum absolute atomic E-state index is 11.7. The maximum Gasteiger partial charge on any atom is 0.311 e. The minimum absolute atomic E-state index is 0.0943. The molecule has 2 aromatic carbocycles. The molecule has 0 aliphatic rings. The normalized spacial score (nSPS) is 12.6. The number of carbonyl (C=O) groups is 2. The summed E-state index contributed by atoms with van der Waals surface area (Å²) in [4.78, 5) is 23.3. The molecule has 2 atom stereocenters. The number of hydrogen-bond donors (Lipinski definition) is 2. The third-order valence-corrected chi connectivity index (χ3v) is 4.03. The molecule has 0 aromatic heterocycles. The minimum atomic E-state index is -1.11. The van der Waals surface area contributed by atoms with Crippen LogP contribution >= 0.6 is 0 Å². The molecule has 0 aliphatic heterocycles. The summed E-state index contributed by atoms with van der Waals surface area (Å²) in [7, 11) is 1.51. The van der Waals surface area contributed by atoms with E-state index in [1.807, 2.05) is 6.07 Å². The molecule has 0 saturated carbocycles. The molecule has 2 unspecified atom stereocenters. The second-order valence-corrected chi connectivity index (χ2v) is 5.52. The van der Waals surface area contributed by atoms with Gasteiger partial charge in [0.25, 0.3) is 0 Å². The van der Waals surface area contributed by atoms with Gasteiger partial charge in [-0.25, -0.2) is 0 Å². The maximum atomic E-state index is 11.7. The van der Waals surface area contributed by atoms with Gasteiger partial charge in [0.15, 0.2) is 0 Å². The zero-order valence-corrected chi connectivity index (χ0v) is 13.5. The minimum Gasteiger partial charge on any atom is -0.497 e. The Morgan fingerprint density at radius 1 is 0.960 bits per heavy atom. The summed E-state index contributed by atoms with van der Waals surface area (Å²) in [6.45, 7) is 0. The molecule has 2 aromatic rings. The van der Waals surface area contributed by atoms with Crippen molar-refractivity contribution in [1.82, 2.24) is 0 Å². The molecule has 0 aliphatic carbocycles. The van der Waals surface area contributed by atoms with Crippen LogP contribution in [0.2, 0.25) is 0 Å². The van der Waals surface area contributed by atoms with Gasteiger partial charge in [0.05, 0.1) is 30.6 Å². The Morgan fingerprint density at radius 2 is 1.40 bits per heavy atom. The zero-order chi connectivity index (χ0) is 18.4. The highest BCUT2D eigenvalue weighted by atomic mass is 16.5. The highest BCUT2D eigenvalue weighted by Crippen LogP contribution is 2.31. The first-order valence-corrected chi connectivity index (χ1v) is 7.56. The van der Waals surface area contributed by atoms with Crippen LogP contribution in [0.3, 0.4) is 0 Å². The molecule has 0 fully saturated rings. The van der Waals surface area contributed by atoms with Crippen LogP contribution in [0.1, 0.15) is 34.9 Å². The molecular weight excluding hydrogens is 322 g/mol. The molecule has 2 N–H and O–H groups in total. The van der Waals surface area contributed by atoms with Gasteiger partial charge >= 0.3 is 11.9 Å². The van der Waals surface area contributed by atoms with Crippen molar-refractivity contribution in [3.05, 3.63) is 65.2 Å². The Hall–Kier alpha value is -3.33. The van der Waals surface area contributed by atoms with Crippen molar-refractivity contribution in [2.24, 2.45) is 0 Å². The van der Waals surface area contributed by atoms with Crippen molar-refractivity contribution in [2.75, 3.05) is 7.11 Å². The van der Waals surface area contributed by atoms with Gasteiger partial charge < -0.3 is 14.9 Å². The molecule has 0 spiro atoms. The summed E-state index contributed by atoms with van der Waals surface area (Å²) in [6.07, 6.45) is -0.0943. The number of rotatable bonds is 7. The van der Waals surface area contributed by atoms with E-state index < -0.39 is 23.8 Å². The van der Waals surface area contributed by atoms with E-state index in [9.17, 15) is 19.8 Å². The molecule has 25 heavy (non-hydrogen) atoms. The van der Waals surface area contributed by atoms with Gasteiger partial charge in [-0.05, 0) is 41.8 Å². The monoisotopic (exact) mass is 339 g/mol. The van der Waals surface area contributed by atoms with Crippen LogP contribution in [0.25, 0.3) is 0 Å². The quantitative estimate of drug-likeness (QED) is 0.803. The fraction of sp³-hybridized carbons (Fsp3) is 0.211. The molecule has 128 valence electrons. The largest absolute Gasteiger partial charge is 0.497 e. The first-order valence-electron chi connectivity index (χ1n) is 7.56. The molecule has 6 nitrogen and oxygen atoms in total. The number of benzene rings is 2. The summed E-state index contributed by atoms with van der Waals surface area (Å²) >= 11 is 0. The standard InChI is InChI=1S/C19H17NO5/c1-25-15-8-6-14(7-9-15)17(19(23)24)10-16(18(21)22)13-4-2-12(11-20)3-5-13/h2-9,16-17H,10H2,1H3,(H,21,22)(H,23,24). The second kappa shape index (κ2) is 7.97. The molecule has 0 bridgehead atoms. The lowest BCUT2D eigenvalue weighted by atomic mass is 9.85.